The van der Waals surface area contributed by atoms with E-state index in [0.29, 0.717) is 5.69 Å². The zero-order valence-electron chi connectivity index (χ0n) is 8.69. The molecule has 0 atom stereocenters. The number of nitrogens with one attached hydrogen (secondary N) is 1. The molecule has 7 heteroatoms. The molecule has 0 aromatic carbocycles. The number of nitrogens with zero attached hydrogens (tertiary/aromatic N) is 4. The molecule has 82 valence electrons. The highest BCUT2D eigenvalue weighted by Gasteiger charge is 2.21. The zero-order chi connectivity index (χ0) is 12.1. The van der Waals surface area contributed by atoms with Gasteiger partial charge in [0.05, 0.1) is 23.5 Å². The van der Waals surface area contributed by atoms with Gasteiger partial charge in [0.15, 0.2) is 5.69 Å². The van der Waals surface area contributed by atoms with Crippen molar-refractivity contribution in [2.24, 2.45) is 0 Å². The van der Waals surface area contributed by atoms with Crippen LogP contribution in [0.4, 0.5) is 5.69 Å². The summed E-state index contributed by atoms with van der Waals surface area (Å²) in [7, 11) is 0. The van der Waals surface area contributed by atoms with E-state index in [1.165, 1.54) is 0 Å². The summed E-state index contributed by atoms with van der Waals surface area (Å²) in [5.41, 5.74) is 6.49. The van der Waals surface area contributed by atoms with Crippen LogP contribution < -0.4 is 5.73 Å². The lowest BCUT2D eigenvalue weighted by atomic mass is 10.2. The van der Waals surface area contributed by atoms with Crippen LogP contribution >= 0.6 is 0 Å². The van der Waals surface area contributed by atoms with Crippen LogP contribution in [0.1, 0.15) is 16.2 Å². The number of carbonyl (C=O) groups excluding carboxylic acids is 1. The lowest BCUT2D eigenvalue weighted by molar-refractivity contribution is 0.0790. The number of nitrogens with two attached hydrogens (primary N) is 1. The van der Waals surface area contributed by atoms with Crippen molar-refractivity contribution in [1.82, 2.24) is 15.1 Å². The van der Waals surface area contributed by atoms with Crippen LogP contribution in [0.25, 0.3) is 0 Å². The second-order valence-electron chi connectivity index (χ2n) is 3.09. The average Bonchev–Trinajstić information content (AvgIpc) is 2.59. The molecular weight excluding hydrogens is 208 g/mol. The molecular formula is C9H10N6O. The molecule has 1 aromatic rings. The number of rotatable bonds is 3. The zero-order valence-corrected chi connectivity index (χ0v) is 8.69. The molecule has 7 nitrogen and oxygen atoms in total. The number of aryl methyl sites for hydroxylation is 1. The van der Waals surface area contributed by atoms with E-state index in [9.17, 15) is 4.79 Å². The normalized spacial score (nSPS) is 9.19. The van der Waals surface area contributed by atoms with Gasteiger partial charge < -0.3 is 10.6 Å². The van der Waals surface area contributed by atoms with Crippen molar-refractivity contribution in [1.29, 1.82) is 10.5 Å². The predicted octanol–water partition coefficient (Wildman–Crippen LogP) is -0.210. The molecule has 1 aromatic heterocycles. The maximum Gasteiger partial charge on any atom is 0.278 e. The van der Waals surface area contributed by atoms with E-state index in [-0.39, 0.29) is 24.5 Å². The molecule has 0 saturated heterocycles. The number of H-pyrrole nitrogens is 1. The first kappa shape index (κ1) is 11.5. The highest BCUT2D eigenvalue weighted by atomic mass is 16.2. The van der Waals surface area contributed by atoms with Crippen molar-refractivity contribution in [3.63, 3.8) is 0 Å². The van der Waals surface area contributed by atoms with Crippen molar-refractivity contribution < 1.29 is 4.79 Å². The SMILES string of the molecule is Cc1[nH]nc(C(=O)N(CC#N)CC#N)c1N. The van der Waals surface area contributed by atoms with Gasteiger partial charge in [-0.25, -0.2) is 0 Å². The Morgan fingerprint density at radius 3 is 2.44 bits per heavy atom. The smallest absolute Gasteiger partial charge is 0.278 e. The first-order valence-electron chi connectivity index (χ1n) is 4.45. The number of hydrogen-bond donors (Lipinski definition) is 2. The van der Waals surface area contributed by atoms with Gasteiger partial charge in [0.1, 0.15) is 13.1 Å². The fraction of sp³-hybridized carbons (Fsp3) is 0.333. The molecule has 0 unspecified atom stereocenters. The Morgan fingerprint density at radius 2 is 2.06 bits per heavy atom. The van der Waals surface area contributed by atoms with E-state index in [1.54, 1.807) is 19.1 Å². The van der Waals surface area contributed by atoms with Gasteiger partial charge in [-0.3, -0.25) is 9.89 Å². The largest absolute Gasteiger partial charge is 0.395 e. The van der Waals surface area contributed by atoms with Gasteiger partial charge in [-0.2, -0.15) is 15.6 Å². The summed E-state index contributed by atoms with van der Waals surface area (Å²) < 4.78 is 0. The molecule has 0 bridgehead atoms. The van der Waals surface area contributed by atoms with Gasteiger partial charge in [-0.15, -0.1) is 0 Å². The Balaban J connectivity index is 2.96. The molecule has 0 aliphatic carbocycles. The fourth-order valence-corrected chi connectivity index (χ4v) is 1.12. The average molecular weight is 218 g/mol. The molecule has 16 heavy (non-hydrogen) atoms. The molecule has 0 aliphatic heterocycles. The number of hydrogen-bond acceptors (Lipinski definition) is 5. The summed E-state index contributed by atoms with van der Waals surface area (Å²) in [6.45, 7) is 1.34. The molecule has 3 N–H and O–H groups in total. The van der Waals surface area contributed by atoms with E-state index >= 15 is 0 Å². The number of carbonyl (C=O) groups is 1. The van der Waals surface area contributed by atoms with Crippen LogP contribution in [0.15, 0.2) is 0 Å². The van der Waals surface area contributed by atoms with Crippen LogP contribution in [0.2, 0.25) is 0 Å². The minimum atomic E-state index is -0.523. The lowest BCUT2D eigenvalue weighted by Crippen LogP contribution is -2.32. The first-order valence-corrected chi connectivity index (χ1v) is 4.45. The van der Waals surface area contributed by atoms with Crippen molar-refractivity contribution in [3.8, 4) is 12.1 Å². The van der Waals surface area contributed by atoms with E-state index in [0.717, 1.165) is 4.90 Å². The fourth-order valence-electron chi connectivity index (χ4n) is 1.12. The highest BCUT2D eigenvalue weighted by Crippen LogP contribution is 2.14. The van der Waals surface area contributed by atoms with E-state index in [2.05, 4.69) is 10.2 Å². The van der Waals surface area contributed by atoms with Gasteiger partial charge in [-0.05, 0) is 6.92 Å². The molecule has 0 radical (unpaired) electrons. The third-order valence-corrected chi connectivity index (χ3v) is 2.01. The van der Waals surface area contributed by atoms with E-state index in [4.69, 9.17) is 16.3 Å². The summed E-state index contributed by atoms with van der Waals surface area (Å²) >= 11 is 0. The second kappa shape index (κ2) is 4.80. The van der Waals surface area contributed by atoms with E-state index in [1.807, 2.05) is 0 Å². The van der Waals surface area contributed by atoms with Gasteiger partial charge in [0.25, 0.3) is 5.91 Å². The highest BCUT2D eigenvalue weighted by molar-refractivity contribution is 5.97. The quantitative estimate of drug-likeness (QED) is 0.679. The van der Waals surface area contributed by atoms with Gasteiger partial charge >= 0.3 is 0 Å². The minimum Gasteiger partial charge on any atom is -0.395 e. The molecule has 0 spiro atoms. The van der Waals surface area contributed by atoms with E-state index < -0.39 is 5.91 Å². The number of anilines is 1. The van der Waals surface area contributed by atoms with Crippen molar-refractivity contribution in [2.45, 2.75) is 6.92 Å². The van der Waals surface area contributed by atoms with Crippen LogP contribution in [0.3, 0.4) is 0 Å². The molecule has 0 saturated carbocycles. The summed E-state index contributed by atoms with van der Waals surface area (Å²) in [4.78, 5) is 12.9. The Hall–Kier alpha value is -2.54. The van der Waals surface area contributed by atoms with Gasteiger partial charge in [0.2, 0.25) is 0 Å². The van der Waals surface area contributed by atoms with Gasteiger partial charge in [0, 0.05) is 0 Å². The topological polar surface area (TPSA) is 123 Å². The number of nitrogen functional groups attached to an aromatic ring is 1. The minimum absolute atomic E-state index is 0.0444. The van der Waals surface area contributed by atoms with Crippen LogP contribution in [0, 0.1) is 29.6 Å². The molecule has 0 fully saturated rings. The van der Waals surface area contributed by atoms with Crippen molar-refractivity contribution in [3.05, 3.63) is 11.4 Å². The van der Waals surface area contributed by atoms with Crippen LogP contribution in [-0.2, 0) is 0 Å². The summed E-state index contributed by atoms with van der Waals surface area (Å²) in [5.74, 6) is -0.523. The molecule has 0 aliphatic rings. The molecule has 1 rings (SSSR count). The Bertz CT molecular complexity index is 461. The second-order valence-corrected chi connectivity index (χ2v) is 3.09. The lowest BCUT2D eigenvalue weighted by Gasteiger charge is -2.14. The maximum atomic E-state index is 11.8. The van der Waals surface area contributed by atoms with Crippen molar-refractivity contribution >= 4 is 11.6 Å². The number of aromatic amines is 1. The summed E-state index contributed by atoms with van der Waals surface area (Å²) in [5, 5.41) is 23.4. The Morgan fingerprint density at radius 1 is 1.50 bits per heavy atom. The Labute approximate surface area is 92.1 Å². The Kier molecular flexibility index (Phi) is 3.46. The van der Waals surface area contributed by atoms with Crippen molar-refractivity contribution in [2.75, 3.05) is 18.8 Å². The summed E-state index contributed by atoms with van der Waals surface area (Å²) in [6.07, 6.45) is 0. The van der Waals surface area contributed by atoms with Crippen LogP contribution in [-0.4, -0.2) is 34.1 Å². The standard InChI is InChI=1S/C9H10N6O/c1-6-7(12)8(14-13-6)9(16)15(4-2-10)5-3-11/h4-5,12H2,1H3,(H,13,14). The monoisotopic (exact) mass is 218 g/mol. The number of nitriles is 2. The third kappa shape index (κ3) is 2.10. The van der Waals surface area contributed by atoms with Gasteiger partial charge in [-0.1, -0.05) is 0 Å². The third-order valence-electron chi connectivity index (χ3n) is 2.01. The maximum absolute atomic E-state index is 11.8. The molecule has 1 heterocycles. The number of amides is 1. The first-order chi connectivity index (χ1) is 7.61. The molecule has 1 amide bonds. The predicted molar refractivity (Wildman–Crippen MR) is 54.9 cm³/mol. The van der Waals surface area contributed by atoms with Crippen LogP contribution in [0.5, 0.6) is 0 Å². The number of aromatic nitrogens is 2. The summed E-state index contributed by atoms with van der Waals surface area (Å²) in [6, 6.07) is 3.61.